The third-order valence-electron chi connectivity index (χ3n) is 2.79. The predicted molar refractivity (Wildman–Crippen MR) is 67.6 cm³/mol. The van der Waals surface area contributed by atoms with Crippen LogP contribution in [0.5, 0.6) is 5.75 Å². The van der Waals surface area contributed by atoms with Gasteiger partial charge in [-0.3, -0.25) is 4.79 Å². The van der Waals surface area contributed by atoms with Crippen LogP contribution in [0.2, 0.25) is 0 Å². The smallest absolute Gasteiger partial charge is 0.223 e. The minimum atomic E-state index is -0.625. The van der Waals surface area contributed by atoms with Gasteiger partial charge >= 0.3 is 0 Å². The summed E-state index contributed by atoms with van der Waals surface area (Å²) in [6.07, 6.45) is 0. The molecule has 0 saturated heterocycles. The molecule has 1 amide bonds. The molecule has 0 heterocycles. The highest BCUT2D eigenvalue weighted by Gasteiger charge is 2.15. The molecule has 1 aromatic rings. The van der Waals surface area contributed by atoms with Crippen LogP contribution in [-0.2, 0) is 11.3 Å². The van der Waals surface area contributed by atoms with Gasteiger partial charge in [0.15, 0.2) is 11.6 Å². The number of nitrogens with zero attached hydrogens (tertiary/aromatic N) is 1. The number of halogens is 1. The van der Waals surface area contributed by atoms with Crippen molar-refractivity contribution in [2.75, 3.05) is 20.6 Å². The highest BCUT2D eigenvalue weighted by Crippen LogP contribution is 2.21. The first-order chi connectivity index (χ1) is 8.45. The van der Waals surface area contributed by atoms with Gasteiger partial charge in [-0.15, -0.1) is 0 Å². The number of rotatable bonds is 5. The highest BCUT2D eigenvalue weighted by atomic mass is 19.1. The quantitative estimate of drug-likeness (QED) is 0.834. The number of benzene rings is 1. The summed E-state index contributed by atoms with van der Waals surface area (Å²) >= 11 is 0. The Morgan fingerprint density at radius 3 is 2.83 bits per heavy atom. The normalized spacial score (nSPS) is 12.5. The van der Waals surface area contributed by atoms with E-state index in [2.05, 4.69) is 5.32 Å². The van der Waals surface area contributed by atoms with Crippen LogP contribution >= 0.6 is 0 Å². The maximum atomic E-state index is 13.1. The maximum Gasteiger partial charge on any atom is 0.223 e. The van der Waals surface area contributed by atoms with E-state index in [1.165, 1.54) is 6.07 Å². The standard InChI is InChI=1S/C13H19FN2O2/c1-9(13(18)15-2)7-16(3)8-10-5-4-6-11(14)12(10)17/h4-6,9,17H,7-8H2,1-3H3,(H,15,18). The first-order valence-corrected chi connectivity index (χ1v) is 5.82. The van der Waals surface area contributed by atoms with Gasteiger partial charge in [-0.2, -0.15) is 0 Å². The lowest BCUT2D eigenvalue weighted by atomic mass is 10.1. The van der Waals surface area contributed by atoms with Crippen LogP contribution in [0.1, 0.15) is 12.5 Å². The van der Waals surface area contributed by atoms with Crippen LogP contribution < -0.4 is 5.32 Å². The van der Waals surface area contributed by atoms with Crippen LogP contribution in [0.4, 0.5) is 4.39 Å². The van der Waals surface area contributed by atoms with Gasteiger partial charge in [-0.1, -0.05) is 19.1 Å². The van der Waals surface area contributed by atoms with Gasteiger partial charge in [0.1, 0.15) is 0 Å². The summed E-state index contributed by atoms with van der Waals surface area (Å²) in [5.74, 6) is -1.14. The number of hydrogen-bond acceptors (Lipinski definition) is 3. The summed E-state index contributed by atoms with van der Waals surface area (Å²) in [7, 11) is 3.42. The molecule has 0 spiro atoms. The third kappa shape index (κ3) is 3.70. The molecule has 0 radical (unpaired) electrons. The molecule has 1 aromatic carbocycles. The van der Waals surface area contributed by atoms with Crippen molar-refractivity contribution >= 4 is 5.91 Å². The molecule has 5 heteroatoms. The van der Waals surface area contributed by atoms with E-state index in [0.29, 0.717) is 18.7 Å². The average Bonchev–Trinajstić information content (AvgIpc) is 2.33. The van der Waals surface area contributed by atoms with E-state index in [4.69, 9.17) is 0 Å². The van der Waals surface area contributed by atoms with Crippen molar-refractivity contribution in [3.63, 3.8) is 0 Å². The fourth-order valence-electron chi connectivity index (χ4n) is 1.84. The number of para-hydroxylation sites is 1. The van der Waals surface area contributed by atoms with Gasteiger partial charge in [-0.05, 0) is 13.1 Å². The van der Waals surface area contributed by atoms with Crippen molar-refractivity contribution in [2.45, 2.75) is 13.5 Å². The van der Waals surface area contributed by atoms with Gasteiger partial charge < -0.3 is 15.3 Å². The number of nitrogens with one attached hydrogen (secondary N) is 1. The van der Waals surface area contributed by atoms with E-state index in [9.17, 15) is 14.3 Å². The molecule has 0 fully saturated rings. The molecule has 100 valence electrons. The summed E-state index contributed by atoms with van der Waals surface area (Å²) in [6.45, 7) is 2.75. The molecular weight excluding hydrogens is 235 g/mol. The second-order valence-electron chi connectivity index (χ2n) is 4.46. The van der Waals surface area contributed by atoms with Crippen molar-refractivity contribution in [3.8, 4) is 5.75 Å². The van der Waals surface area contributed by atoms with Crippen LogP contribution in [-0.4, -0.2) is 36.6 Å². The molecule has 0 aliphatic carbocycles. The van der Waals surface area contributed by atoms with Crippen molar-refractivity contribution < 1.29 is 14.3 Å². The van der Waals surface area contributed by atoms with Crippen molar-refractivity contribution in [1.29, 1.82) is 0 Å². The van der Waals surface area contributed by atoms with Crippen LogP contribution in [0.15, 0.2) is 18.2 Å². The fraction of sp³-hybridized carbons (Fsp3) is 0.462. The minimum absolute atomic E-state index is 0.0367. The van der Waals surface area contributed by atoms with Gasteiger partial charge in [0, 0.05) is 31.6 Å². The highest BCUT2D eigenvalue weighted by molar-refractivity contribution is 5.78. The Balaban J connectivity index is 2.62. The van der Waals surface area contributed by atoms with Crippen LogP contribution in [0.25, 0.3) is 0 Å². The summed E-state index contributed by atoms with van der Waals surface area (Å²) < 4.78 is 13.1. The lowest BCUT2D eigenvalue weighted by molar-refractivity contribution is -0.124. The van der Waals surface area contributed by atoms with Gasteiger partial charge in [-0.25, -0.2) is 4.39 Å². The molecule has 2 N–H and O–H groups in total. The first-order valence-electron chi connectivity index (χ1n) is 5.82. The van der Waals surface area contributed by atoms with E-state index in [0.717, 1.165) is 0 Å². The lowest BCUT2D eigenvalue weighted by Crippen LogP contribution is -2.34. The van der Waals surface area contributed by atoms with E-state index in [1.54, 1.807) is 19.2 Å². The molecule has 1 rings (SSSR count). The third-order valence-corrected chi connectivity index (χ3v) is 2.79. The second-order valence-corrected chi connectivity index (χ2v) is 4.46. The minimum Gasteiger partial charge on any atom is -0.505 e. The van der Waals surface area contributed by atoms with Gasteiger partial charge in [0.2, 0.25) is 5.91 Å². The van der Waals surface area contributed by atoms with E-state index in [1.807, 2.05) is 18.9 Å². The second kappa shape index (κ2) is 6.35. The number of aromatic hydroxyl groups is 1. The maximum absolute atomic E-state index is 13.1. The summed E-state index contributed by atoms with van der Waals surface area (Å²) in [5.41, 5.74) is 0.515. The Hall–Kier alpha value is -1.62. The molecule has 0 aromatic heterocycles. The topological polar surface area (TPSA) is 52.6 Å². The molecular formula is C13H19FN2O2. The number of carbonyl (C=O) groups excluding carboxylic acids is 1. The zero-order chi connectivity index (χ0) is 13.7. The van der Waals surface area contributed by atoms with E-state index >= 15 is 0 Å². The molecule has 4 nitrogen and oxygen atoms in total. The zero-order valence-corrected chi connectivity index (χ0v) is 10.9. The molecule has 1 unspecified atom stereocenters. The van der Waals surface area contributed by atoms with Crippen molar-refractivity contribution in [3.05, 3.63) is 29.6 Å². The van der Waals surface area contributed by atoms with Crippen LogP contribution in [0, 0.1) is 11.7 Å². The Morgan fingerprint density at radius 2 is 2.22 bits per heavy atom. The fourth-order valence-corrected chi connectivity index (χ4v) is 1.84. The summed E-state index contributed by atoms with van der Waals surface area (Å²) in [6, 6.07) is 4.44. The predicted octanol–water partition coefficient (Wildman–Crippen LogP) is 1.35. The molecule has 1 atom stereocenters. The van der Waals surface area contributed by atoms with E-state index in [-0.39, 0.29) is 17.6 Å². The number of phenolic OH excluding ortho intramolecular Hbond substituents is 1. The number of phenols is 1. The number of carbonyl (C=O) groups is 1. The number of hydrogen-bond donors (Lipinski definition) is 2. The Kier molecular flexibility index (Phi) is 5.09. The first kappa shape index (κ1) is 14.4. The summed E-state index contributed by atoms with van der Waals surface area (Å²) in [4.78, 5) is 13.2. The van der Waals surface area contributed by atoms with Crippen LogP contribution in [0.3, 0.4) is 0 Å². The largest absolute Gasteiger partial charge is 0.505 e. The van der Waals surface area contributed by atoms with Gasteiger partial charge in [0.05, 0.1) is 0 Å². The van der Waals surface area contributed by atoms with Gasteiger partial charge in [0.25, 0.3) is 0 Å². The Morgan fingerprint density at radius 1 is 1.56 bits per heavy atom. The van der Waals surface area contributed by atoms with Crippen molar-refractivity contribution in [2.24, 2.45) is 5.92 Å². The monoisotopic (exact) mass is 254 g/mol. The molecule has 0 bridgehead atoms. The Labute approximate surface area is 106 Å². The van der Waals surface area contributed by atoms with E-state index < -0.39 is 5.82 Å². The molecule has 0 saturated carbocycles. The summed E-state index contributed by atoms with van der Waals surface area (Å²) in [5, 5.41) is 12.1. The lowest BCUT2D eigenvalue weighted by Gasteiger charge is -2.20. The Bertz CT molecular complexity index is 423. The van der Waals surface area contributed by atoms with Crippen molar-refractivity contribution in [1.82, 2.24) is 10.2 Å². The molecule has 0 aliphatic heterocycles. The number of amides is 1. The molecule has 0 aliphatic rings. The average molecular weight is 254 g/mol. The SMILES string of the molecule is CNC(=O)C(C)CN(C)Cc1cccc(F)c1O. The zero-order valence-electron chi connectivity index (χ0n) is 10.9. The molecule has 18 heavy (non-hydrogen) atoms.